The van der Waals surface area contributed by atoms with Crippen LogP contribution < -0.4 is 11.3 Å². The van der Waals surface area contributed by atoms with Crippen molar-refractivity contribution in [2.45, 2.75) is 18.8 Å². The summed E-state index contributed by atoms with van der Waals surface area (Å²) in [6, 6.07) is 3.94. The number of halogens is 2. The van der Waals surface area contributed by atoms with Gasteiger partial charge in [-0.1, -0.05) is 0 Å². The molecule has 18 heavy (non-hydrogen) atoms. The number of thiophene rings is 1. The highest BCUT2D eigenvalue weighted by molar-refractivity contribution is 9.13. The average Bonchev–Trinajstić information content (AvgIpc) is 3.16. The number of nitrogen functional groups attached to an aromatic ring is 1. The largest absolute Gasteiger partial charge is 0.308 e. The Morgan fingerprint density at radius 3 is 2.61 bits per heavy atom. The number of nitrogens with two attached hydrogens (primary N) is 1. The quantitative estimate of drug-likeness (QED) is 0.617. The van der Waals surface area contributed by atoms with Gasteiger partial charge < -0.3 is 5.43 Å². The highest BCUT2D eigenvalue weighted by Gasteiger charge is 2.26. The zero-order valence-electron chi connectivity index (χ0n) is 9.28. The molecule has 0 aromatic carbocycles. The number of hydrogen-bond donors (Lipinski definition) is 2. The Bertz CT molecular complexity index is 575. The van der Waals surface area contributed by atoms with Gasteiger partial charge in [-0.25, -0.2) is 15.8 Å². The first-order valence-corrected chi connectivity index (χ1v) is 7.88. The standard InChI is InChI=1S/C11H10Br2N4S/c12-6-3-8(18-10(6)13)11-15-7(5-1-2-5)4-9(16-11)17-14/h3-5H,1-2,14H2,(H,15,16,17). The van der Waals surface area contributed by atoms with Gasteiger partial charge in [-0.3, -0.25) is 0 Å². The first-order chi connectivity index (χ1) is 8.67. The molecule has 2 aromatic heterocycles. The molecule has 0 saturated heterocycles. The van der Waals surface area contributed by atoms with Gasteiger partial charge in [0.15, 0.2) is 5.82 Å². The Hall–Kier alpha value is -0.500. The highest BCUT2D eigenvalue weighted by Crippen LogP contribution is 2.41. The summed E-state index contributed by atoms with van der Waals surface area (Å²) >= 11 is 8.56. The fraction of sp³-hybridized carbons (Fsp3) is 0.273. The van der Waals surface area contributed by atoms with Crippen LogP contribution in [0.2, 0.25) is 0 Å². The van der Waals surface area contributed by atoms with E-state index in [2.05, 4.69) is 47.3 Å². The number of hydrogen-bond acceptors (Lipinski definition) is 5. The second-order valence-corrected chi connectivity index (χ2v) is 7.38. The summed E-state index contributed by atoms with van der Waals surface area (Å²) in [5.41, 5.74) is 3.69. The van der Waals surface area contributed by atoms with Gasteiger partial charge in [0.25, 0.3) is 0 Å². The Balaban J connectivity index is 2.07. The van der Waals surface area contributed by atoms with Crippen molar-refractivity contribution in [2.75, 3.05) is 5.43 Å². The highest BCUT2D eigenvalue weighted by atomic mass is 79.9. The summed E-state index contributed by atoms with van der Waals surface area (Å²) in [5.74, 6) is 7.44. The molecule has 1 aliphatic rings. The van der Waals surface area contributed by atoms with E-state index in [1.54, 1.807) is 11.3 Å². The maximum absolute atomic E-state index is 5.47. The van der Waals surface area contributed by atoms with E-state index in [1.165, 1.54) is 12.8 Å². The summed E-state index contributed by atoms with van der Waals surface area (Å²) in [6.45, 7) is 0. The maximum atomic E-state index is 5.47. The molecular formula is C11H10Br2N4S. The van der Waals surface area contributed by atoms with Crippen molar-refractivity contribution in [1.29, 1.82) is 0 Å². The Kier molecular flexibility index (Phi) is 3.40. The lowest BCUT2D eigenvalue weighted by atomic mass is 10.2. The molecule has 0 atom stereocenters. The van der Waals surface area contributed by atoms with E-state index in [4.69, 9.17) is 5.84 Å². The van der Waals surface area contributed by atoms with E-state index in [1.807, 2.05) is 12.1 Å². The number of anilines is 1. The molecular weight excluding hydrogens is 380 g/mol. The first kappa shape index (κ1) is 12.5. The van der Waals surface area contributed by atoms with Crippen LogP contribution in [-0.4, -0.2) is 9.97 Å². The van der Waals surface area contributed by atoms with Crippen molar-refractivity contribution in [2.24, 2.45) is 5.84 Å². The minimum atomic E-state index is 0.575. The molecule has 1 saturated carbocycles. The number of nitrogens with one attached hydrogen (secondary N) is 1. The Morgan fingerprint density at radius 2 is 2.06 bits per heavy atom. The lowest BCUT2D eigenvalue weighted by molar-refractivity contribution is 0.993. The van der Waals surface area contributed by atoms with Gasteiger partial charge in [-0.15, -0.1) is 11.3 Å². The molecule has 0 radical (unpaired) electrons. The normalized spacial score (nSPS) is 14.8. The minimum Gasteiger partial charge on any atom is -0.308 e. The summed E-state index contributed by atoms with van der Waals surface area (Å²) in [5, 5.41) is 0. The third-order valence-electron chi connectivity index (χ3n) is 2.76. The zero-order chi connectivity index (χ0) is 12.7. The predicted molar refractivity (Wildman–Crippen MR) is 80.5 cm³/mol. The third kappa shape index (κ3) is 2.45. The van der Waals surface area contributed by atoms with Crippen LogP contribution in [0, 0.1) is 0 Å². The monoisotopic (exact) mass is 388 g/mol. The molecule has 3 N–H and O–H groups in total. The number of rotatable bonds is 3. The number of aromatic nitrogens is 2. The van der Waals surface area contributed by atoms with Crippen molar-refractivity contribution in [3.8, 4) is 10.7 Å². The zero-order valence-corrected chi connectivity index (χ0v) is 13.3. The van der Waals surface area contributed by atoms with Crippen LogP contribution in [-0.2, 0) is 0 Å². The molecule has 0 bridgehead atoms. The summed E-state index contributed by atoms with van der Waals surface area (Å²) in [7, 11) is 0. The molecule has 1 aliphatic carbocycles. The van der Waals surface area contributed by atoms with Crippen molar-refractivity contribution < 1.29 is 0 Å². The van der Waals surface area contributed by atoms with Crippen molar-refractivity contribution in [1.82, 2.24) is 9.97 Å². The van der Waals surface area contributed by atoms with Gasteiger partial charge in [0.2, 0.25) is 0 Å². The first-order valence-electron chi connectivity index (χ1n) is 5.48. The van der Waals surface area contributed by atoms with Crippen LogP contribution in [0.5, 0.6) is 0 Å². The molecule has 0 unspecified atom stereocenters. The van der Waals surface area contributed by atoms with Gasteiger partial charge in [0.05, 0.1) is 8.66 Å². The van der Waals surface area contributed by atoms with Crippen LogP contribution in [0.25, 0.3) is 10.7 Å². The van der Waals surface area contributed by atoms with Crippen LogP contribution in [0.4, 0.5) is 5.82 Å². The van der Waals surface area contributed by atoms with E-state index >= 15 is 0 Å². The predicted octanol–water partition coefficient (Wildman–Crippen LogP) is 3.89. The van der Waals surface area contributed by atoms with E-state index in [0.29, 0.717) is 11.7 Å². The van der Waals surface area contributed by atoms with Crippen LogP contribution >= 0.6 is 43.2 Å². The van der Waals surface area contributed by atoms with Gasteiger partial charge in [0.1, 0.15) is 5.82 Å². The third-order valence-corrected chi connectivity index (χ3v) is 6.01. The molecule has 7 heteroatoms. The topological polar surface area (TPSA) is 63.8 Å². The molecule has 0 spiro atoms. The maximum Gasteiger partial charge on any atom is 0.171 e. The molecule has 2 aromatic rings. The molecule has 1 fully saturated rings. The van der Waals surface area contributed by atoms with Crippen LogP contribution in [0.15, 0.2) is 20.4 Å². The average molecular weight is 390 g/mol. The molecule has 0 aliphatic heterocycles. The molecule has 2 heterocycles. The Morgan fingerprint density at radius 1 is 1.28 bits per heavy atom. The van der Waals surface area contributed by atoms with Gasteiger partial charge in [0, 0.05) is 22.2 Å². The molecule has 3 rings (SSSR count). The number of hydrazine groups is 1. The second-order valence-electron chi connectivity index (χ2n) is 4.15. The van der Waals surface area contributed by atoms with Crippen LogP contribution in [0.1, 0.15) is 24.5 Å². The lowest BCUT2D eigenvalue weighted by Gasteiger charge is -2.05. The molecule has 0 amide bonds. The van der Waals surface area contributed by atoms with Crippen molar-refractivity contribution >= 4 is 49.0 Å². The van der Waals surface area contributed by atoms with Gasteiger partial charge in [-0.2, -0.15) is 0 Å². The molecule has 94 valence electrons. The fourth-order valence-electron chi connectivity index (χ4n) is 1.70. The van der Waals surface area contributed by atoms with E-state index in [9.17, 15) is 0 Å². The number of nitrogens with zero attached hydrogens (tertiary/aromatic N) is 2. The van der Waals surface area contributed by atoms with Crippen LogP contribution in [0.3, 0.4) is 0 Å². The fourth-order valence-corrected chi connectivity index (χ4v) is 3.66. The van der Waals surface area contributed by atoms with Crippen molar-refractivity contribution in [3.63, 3.8) is 0 Å². The minimum absolute atomic E-state index is 0.575. The smallest absolute Gasteiger partial charge is 0.171 e. The summed E-state index contributed by atoms with van der Waals surface area (Å²) < 4.78 is 2.06. The van der Waals surface area contributed by atoms with E-state index in [0.717, 1.165) is 24.7 Å². The van der Waals surface area contributed by atoms with E-state index in [-0.39, 0.29) is 0 Å². The summed E-state index contributed by atoms with van der Waals surface area (Å²) in [6.07, 6.45) is 2.41. The van der Waals surface area contributed by atoms with Crippen molar-refractivity contribution in [3.05, 3.63) is 26.1 Å². The summed E-state index contributed by atoms with van der Waals surface area (Å²) in [4.78, 5) is 10.1. The van der Waals surface area contributed by atoms with Gasteiger partial charge >= 0.3 is 0 Å². The van der Waals surface area contributed by atoms with Gasteiger partial charge in [-0.05, 0) is 50.8 Å². The lowest BCUT2D eigenvalue weighted by Crippen LogP contribution is -2.10. The second kappa shape index (κ2) is 4.88. The van der Waals surface area contributed by atoms with E-state index < -0.39 is 0 Å². The Labute approximate surface area is 125 Å². The molecule has 4 nitrogen and oxygen atoms in total. The SMILES string of the molecule is NNc1cc(C2CC2)nc(-c2cc(Br)c(Br)s2)n1.